The number of carbonyl (C=O) groups is 2. The molecule has 1 heterocycles. The number of hydrogen-bond acceptors (Lipinski definition) is 3. The zero-order valence-electron chi connectivity index (χ0n) is 13.5. The fourth-order valence-corrected chi connectivity index (χ4v) is 2.36. The molecule has 1 aromatic carbocycles. The standard InChI is InChI=1S/C17H24N2O3/c1-13(2)12-22-16-6-4-15(5-7-16)17(21)19-10-8-18(9-11-19)14(3)20/h4-7,13H,8-12H2,1-3H3. The van der Waals surface area contributed by atoms with Crippen LogP contribution >= 0.6 is 0 Å². The molecule has 0 bridgehead atoms. The van der Waals surface area contributed by atoms with Crippen molar-refractivity contribution in [3.63, 3.8) is 0 Å². The van der Waals surface area contributed by atoms with Crippen molar-refractivity contribution < 1.29 is 14.3 Å². The van der Waals surface area contributed by atoms with E-state index in [9.17, 15) is 9.59 Å². The van der Waals surface area contributed by atoms with E-state index in [0.717, 1.165) is 5.75 Å². The van der Waals surface area contributed by atoms with Crippen molar-refractivity contribution in [1.82, 2.24) is 9.80 Å². The molecule has 0 aliphatic carbocycles. The Morgan fingerprint density at radius 2 is 1.59 bits per heavy atom. The van der Waals surface area contributed by atoms with Crippen molar-refractivity contribution >= 4 is 11.8 Å². The summed E-state index contributed by atoms with van der Waals surface area (Å²) < 4.78 is 5.62. The molecule has 2 rings (SSSR count). The Balaban J connectivity index is 1.91. The van der Waals surface area contributed by atoms with Crippen LogP contribution in [-0.4, -0.2) is 54.4 Å². The van der Waals surface area contributed by atoms with Gasteiger partial charge < -0.3 is 14.5 Å². The third-order valence-electron chi connectivity index (χ3n) is 3.70. The maximum Gasteiger partial charge on any atom is 0.253 e. The molecule has 5 nitrogen and oxygen atoms in total. The van der Waals surface area contributed by atoms with E-state index in [0.29, 0.717) is 44.3 Å². The number of amides is 2. The molecule has 0 spiro atoms. The molecule has 2 amide bonds. The second kappa shape index (κ2) is 7.29. The fourth-order valence-electron chi connectivity index (χ4n) is 2.36. The van der Waals surface area contributed by atoms with E-state index in [-0.39, 0.29) is 11.8 Å². The minimum absolute atomic E-state index is 0.0126. The monoisotopic (exact) mass is 304 g/mol. The second-order valence-electron chi connectivity index (χ2n) is 6.03. The van der Waals surface area contributed by atoms with Crippen molar-refractivity contribution in [2.75, 3.05) is 32.8 Å². The van der Waals surface area contributed by atoms with Crippen LogP contribution in [0.1, 0.15) is 31.1 Å². The van der Waals surface area contributed by atoms with E-state index in [1.807, 2.05) is 12.1 Å². The van der Waals surface area contributed by atoms with E-state index in [1.54, 1.807) is 28.9 Å². The van der Waals surface area contributed by atoms with Gasteiger partial charge >= 0.3 is 0 Å². The smallest absolute Gasteiger partial charge is 0.253 e. The van der Waals surface area contributed by atoms with Gasteiger partial charge in [-0.1, -0.05) is 13.8 Å². The van der Waals surface area contributed by atoms with Crippen LogP contribution in [0.2, 0.25) is 0 Å². The lowest BCUT2D eigenvalue weighted by Crippen LogP contribution is -2.50. The van der Waals surface area contributed by atoms with Crippen LogP contribution < -0.4 is 4.74 Å². The molecular formula is C17H24N2O3. The van der Waals surface area contributed by atoms with E-state index in [2.05, 4.69) is 13.8 Å². The number of hydrogen-bond donors (Lipinski definition) is 0. The predicted octanol–water partition coefficient (Wildman–Crippen LogP) is 2.03. The average Bonchev–Trinajstić information content (AvgIpc) is 2.53. The maximum absolute atomic E-state index is 12.4. The number of carbonyl (C=O) groups excluding carboxylic acids is 2. The lowest BCUT2D eigenvalue weighted by atomic mass is 10.1. The summed E-state index contributed by atoms with van der Waals surface area (Å²) in [5.74, 6) is 1.34. The zero-order chi connectivity index (χ0) is 16.1. The van der Waals surface area contributed by atoms with Crippen LogP contribution in [0.4, 0.5) is 0 Å². The van der Waals surface area contributed by atoms with Crippen LogP contribution in [0.15, 0.2) is 24.3 Å². The third kappa shape index (κ3) is 4.23. The Bertz CT molecular complexity index is 517. The molecule has 0 N–H and O–H groups in total. The lowest BCUT2D eigenvalue weighted by Gasteiger charge is -2.34. The average molecular weight is 304 g/mol. The van der Waals surface area contributed by atoms with Crippen LogP contribution in [0.5, 0.6) is 5.75 Å². The first-order valence-corrected chi connectivity index (χ1v) is 7.75. The second-order valence-corrected chi connectivity index (χ2v) is 6.03. The first-order valence-electron chi connectivity index (χ1n) is 7.75. The van der Waals surface area contributed by atoms with E-state index in [4.69, 9.17) is 4.74 Å². The minimum Gasteiger partial charge on any atom is -0.493 e. The molecule has 22 heavy (non-hydrogen) atoms. The molecule has 1 aliphatic rings. The van der Waals surface area contributed by atoms with Crippen LogP contribution in [0, 0.1) is 5.92 Å². The van der Waals surface area contributed by atoms with Gasteiger partial charge in [-0.15, -0.1) is 0 Å². The molecule has 0 aromatic heterocycles. The van der Waals surface area contributed by atoms with Crippen LogP contribution in [0.3, 0.4) is 0 Å². The number of rotatable bonds is 4. The van der Waals surface area contributed by atoms with Gasteiger partial charge in [0, 0.05) is 38.7 Å². The largest absolute Gasteiger partial charge is 0.493 e. The Kier molecular flexibility index (Phi) is 5.41. The number of benzene rings is 1. The highest BCUT2D eigenvalue weighted by Crippen LogP contribution is 2.15. The molecule has 5 heteroatoms. The van der Waals surface area contributed by atoms with E-state index >= 15 is 0 Å². The number of nitrogens with zero attached hydrogens (tertiary/aromatic N) is 2. The van der Waals surface area contributed by atoms with Gasteiger partial charge in [-0.25, -0.2) is 0 Å². The van der Waals surface area contributed by atoms with E-state index < -0.39 is 0 Å². The number of ether oxygens (including phenoxy) is 1. The lowest BCUT2D eigenvalue weighted by molar-refractivity contribution is -0.130. The summed E-state index contributed by atoms with van der Waals surface area (Å²) in [6, 6.07) is 7.27. The predicted molar refractivity (Wildman–Crippen MR) is 84.9 cm³/mol. The zero-order valence-corrected chi connectivity index (χ0v) is 13.5. The Morgan fingerprint density at radius 1 is 1.05 bits per heavy atom. The molecule has 1 fully saturated rings. The maximum atomic E-state index is 12.4. The van der Waals surface area contributed by atoms with Gasteiger partial charge in [0.15, 0.2) is 0 Å². The van der Waals surface area contributed by atoms with Gasteiger partial charge in [0.2, 0.25) is 5.91 Å². The Labute approximate surface area is 131 Å². The van der Waals surface area contributed by atoms with Crippen molar-refractivity contribution in [3.8, 4) is 5.75 Å². The highest BCUT2D eigenvalue weighted by Gasteiger charge is 2.23. The van der Waals surface area contributed by atoms with Gasteiger partial charge in [0.1, 0.15) is 5.75 Å². The van der Waals surface area contributed by atoms with Crippen LogP contribution in [0.25, 0.3) is 0 Å². The topological polar surface area (TPSA) is 49.9 Å². The molecule has 1 aliphatic heterocycles. The van der Waals surface area contributed by atoms with Gasteiger partial charge in [-0.3, -0.25) is 9.59 Å². The summed E-state index contributed by atoms with van der Waals surface area (Å²) in [5, 5.41) is 0. The van der Waals surface area contributed by atoms with Gasteiger partial charge in [0.05, 0.1) is 6.61 Å². The third-order valence-corrected chi connectivity index (χ3v) is 3.70. The molecule has 1 aromatic rings. The molecule has 1 saturated heterocycles. The molecule has 120 valence electrons. The summed E-state index contributed by atoms with van der Waals surface area (Å²) >= 11 is 0. The fraction of sp³-hybridized carbons (Fsp3) is 0.529. The highest BCUT2D eigenvalue weighted by atomic mass is 16.5. The minimum atomic E-state index is 0.0126. The highest BCUT2D eigenvalue weighted by molar-refractivity contribution is 5.94. The number of piperazine rings is 1. The van der Waals surface area contributed by atoms with E-state index in [1.165, 1.54) is 0 Å². The van der Waals surface area contributed by atoms with Crippen LogP contribution in [-0.2, 0) is 4.79 Å². The Morgan fingerprint density at radius 3 is 2.09 bits per heavy atom. The van der Waals surface area contributed by atoms with Crippen molar-refractivity contribution in [3.05, 3.63) is 29.8 Å². The molecular weight excluding hydrogens is 280 g/mol. The van der Waals surface area contributed by atoms with Gasteiger partial charge in [0.25, 0.3) is 5.91 Å². The van der Waals surface area contributed by atoms with Crippen molar-refractivity contribution in [1.29, 1.82) is 0 Å². The molecule has 0 atom stereocenters. The normalized spacial score (nSPS) is 15.1. The summed E-state index contributed by atoms with van der Waals surface area (Å²) in [6.07, 6.45) is 0. The van der Waals surface area contributed by atoms with Gasteiger partial charge in [-0.05, 0) is 30.2 Å². The van der Waals surface area contributed by atoms with Gasteiger partial charge in [-0.2, -0.15) is 0 Å². The molecule has 0 saturated carbocycles. The summed E-state index contributed by atoms with van der Waals surface area (Å²) in [6.45, 7) is 8.81. The summed E-state index contributed by atoms with van der Waals surface area (Å²) in [5.41, 5.74) is 0.660. The summed E-state index contributed by atoms with van der Waals surface area (Å²) in [7, 11) is 0. The van der Waals surface area contributed by atoms with Crippen molar-refractivity contribution in [2.24, 2.45) is 5.92 Å². The molecule has 0 radical (unpaired) electrons. The first-order chi connectivity index (χ1) is 10.5. The first kappa shape index (κ1) is 16.3. The summed E-state index contributed by atoms with van der Waals surface area (Å²) in [4.78, 5) is 27.3. The quantitative estimate of drug-likeness (QED) is 0.855. The molecule has 0 unspecified atom stereocenters. The van der Waals surface area contributed by atoms with Crippen molar-refractivity contribution in [2.45, 2.75) is 20.8 Å². The Hall–Kier alpha value is -2.04. The SMILES string of the molecule is CC(=O)N1CCN(C(=O)c2ccc(OCC(C)C)cc2)CC1.